The van der Waals surface area contributed by atoms with E-state index < -0.39 is 17.7 Å². The average Bonchev–Trinajstić information content (AvgIpc) is 2.57. The molecule has 0 heterocycles. The molecule has 5 heteroatoms. The molecule has 0 bridgehead atoms. The molecule has 0 aromatic heterocycles. The Morgan fingerprint density at radius 2 is 1.95 bits per heavy atom. The molecule has 22 heavy (non-hydrogen) atoms. The van der Waals surface area contributed by atoms with Crippen LogP contribution in [0.2, 0.25) is 0 Å². The summed E-state index contributed by atoms with van der Waals surface area (Å²) >= 11 is 0. The molecule has 0 fully saturated rings. The Balaban J connectivity index is 2.26. The van der Waals surface area contributed by atoms with E-state index in [4.69, 9.17) is 9.84 Å². The summed E-state index contributed by atoms with van der Waals surface area (Å²) in [4.78, 5) is 23.1. The lowest BCUT2D eigenvalue weighted by atomic mass is 9.85. The van der Waals surface area contributed by atoms with Gasteiger partial charge in [-0.15, -0.1) is 0 Å². The lowest BCUT2D eigenvalue weighted by Crippen LogP contribution is -2.39. The van der Waals surface area contributed by atoms with Gasteiger partial charge >= 0.3 is 12.1 Å². The topological polar surface area (TPSA) is 75.6 Å². The SMILES string of the molecule is CC(C)(C)OC(=O)NC1c2ccc(C(=O)O)cc2CC1(C)C. The van der Waals surface area contributed by atoms with Crippen LogP contribution in [0.15, 0.2) is 18.2 Å². The van der Waals surface area contributed by atoms with Crippen molar-refractivity contribution in [3.63, 3.8) is 0 Å². The Labute approximate surface area is 130 Å². The van der Waals surface area contributed by atoms with Gasteiger partial charge in [-0.05, 0) is 55.9 Å². The van der Waals surface area contributed by atoms with Gasteiger partial charge in [-0.25, -0.2) is 9.59 Å². The van der Waals surface area contributed by atoms with Gasteiger partial charge in [0.15, 0.2) is 0 Å². The number of hydrogen-bond acceptors (Lipinski definition) is 3. The molecule has 1 atom stereocenters. The summed E-state index contributed by atoms with van der Waals surface area (Å²) in [6.45, 7) is 9.56. The second-order valence-electron chi connectivity index (χ2n) is 7.46. The first-order valence-electron chi connectivity index (χ1n) is 7.35. The van der Waals surface area contributed by atoms with Crippen LogP contribution < -0.4 is 5.32 Å². The Morgan fingerprint density at radius 3 is 2.50 bits per heavy atom. The molecule has 1 aliphatic rings. The number of amides is 1. The molecule has 120 valence electrons. The van der Waals surface area contributed by atoms with Crippen LogP contribution >= 0.6 is 0 Å². The number of rotatable bonds is 2. The number of carboxylic acid groups (broad SMARTS) is 1. The highest BCUT2D eigenvalue weighted by atomic mass is 16.6. The van der Waals surface area contributed by atoms with Gasteiger partial charge in [-0.3, -0.25) is 0 Å². The van der Waals surface area contributed by atoms with E-state index in [0.29, 0.717) is 6.42 Å². The highest BCUT2D eigenvalue weighted by Gasteiger charge is 2.40. The highest BCUT2D eigenvalue weighted by Crippen LogP contribution is 2.45. The summed E-state index contributed by atoms with van der Waals surface area (Å²) in [5.74, 6) is -0.941. The number of carboxylic acids is 1. The fourth-order valence-corrected chi connectivity index (χ4v) is 2.89. The van der Waals surface area contributed by atoms with Gasteiger partial charge in [-0.2, -0.15) is 0 Å². The minimum atomic E-state index is -0.941. The first kappa shape index (κ1) is 16.3. The van der Waals surface area contributed by atoms with Crippen molar-refractivity contribution in [1.29, 1.82) is 0 Å². The van der Waals surface area contributed by atoms with Crippen molar-refractivity contribution in [2.45, 2.75) is 52.7 Å². The van der Waals surface area contributed by atoms with Gasteiger partial charge in [0, 0.05) is 0 Å². The van der Waals surface area contributed by atoms with Gasteiger partial charge in [-0.1, -0.05) is 19.9 Å². The zero-order chi connectivity index (χ0) is 16.7. The zero-order valence-corrected chi connectivity index (χ0v) is 13.7. The van der Waals surface area contributed by atoms with Crippen LogP contribution in [-0.2, 0) is 11.2 Å². The van der Waals surface area contributed by atoms with Crippen molar-refractivity contribution in [3.05, 3.63) is 34.9 Å². The predicted octanol–water partition coefficient (Wildman–Crippen LogP) is 3.53. The maximum absolute atomic E-state index is 12.1. The van der Waals surface area contributed by atoms with Crippen LogP contribution in [-0.4, -0.2) is 22.8 Å². The van der Waals surface area contributed by atoms with Crippen molar-refractivity contribution < 1.29 is 19.4 Å². The summed E-state index contributed by atoms with van der Waals surface area (Å²) in [7, 11) is 0. The molecule has 0 aliphatic heterocycles. The molecule has 1 unspecified atom stereocenters. The largest absolute Gasteiger partial charge is 0.478 e. The Kier molecular flexibility index (Phi) is 3.94. The number of carbonyl (C=O) groups is 2. The standard InChI is InChI=1S/C17H23NO4/c1-16(2,3)22-15(21)18-13-12-7-6-10(14(19)20)8-11(12)9-17(13,4)5/h6-8,13H,9H2,1-5H3,(H,18,21)(H,19,20). The Morgan fingerprint density at radius 1 is 1.32 bits per heavy atom. The van der Waals surface area contributed by atoms with Gasteiger partial charge in [0.1, 0.15) is 5.60 Å². The van der Waals surface area contributed by atoms with Crippen LogP contribution in [0.5, 0.6) is 0 Å². The average molecular weight is 305 g/mol. The molecule has 1 aromatic carbocycles. The highest BCUT2D eigenvalue weighted by molar-refractivity contribution is 5.88. The number of carbonyl (C=O) groups excluding carboxylic acids is 1. The number of hydrogen-bond donors (Lipinski definition) is 2. The van der Waals surface area contributed by atoms with E-state index >= 15 is 0 Å². The van der Waals surface area contributed by atoms with E-state index in [0.717, 1.165) is 11.1 Å². The van der Waals surface area contributed by atoms with E-state index in [-0.39, 0.29) is 17.0 Å². The van der Waals surface area contributed by atoms with E-state index in [1.807, 2.05) is 20.8 Å². The first-order chi connectivity index (χ1) is 9.99. The first-order valence-corrected chi connectivity index (χ1v) is 7.35. The number of benzene rings is 1. The maximum atomic E-state index is 12.1. The van der Waals surface area contributed by atoms with Gasteiger partial charge < -0.3 is 15.2 Å². The molecule has 0 spiro atoms. The molecule has 1 amide bonds. The smallest absolute Gasteiger partial charge is 0.408 e. The van der Waals surface area contributed by atoms with Crippen LogP contribution in [0.1, 0.15) is 62.1 Å². The molecular formula is C17H23NO4. The molecule has 1 aliphatic carbocycles. The second kappa shape index (κ2) is 5.30. The fraction of sp³-hybridized carbons (Fsp3) is 0.529. The minimum absolute atomic E-state index is 0.194. The van der Waals surface area contributed by atoms with Crippen molar-refractivity contribution in [2.75, 3.05) is 0 Å². The third-order valence-electron chi connectivity index (χ3n) is 3.79. The third-order valence-corrected chi connectivity index (χ3v) is 3.79. The zero-order valence-electron chi connectivity index (χ0n) is 13.7. The van der Waals surface area contributed by atoms with Gasteiger partial charge in [0.2, 0.25) is 0 Å². The number of aromatic carboxylic acids is 1. The van der Waals surface area contributed by atoms with Gasteiger partial charge in [0.25, 0.3) is 0 Å². The van der Waals surface area contributed by atoms with E-state index in [1.54, 1.807) is 18.2 Å². The summed E-state index contributed by atoms with van der Waals surface area (Å²) in [5, 5.41) is 12.0. The van der Waals surface area contributed by atoms with Crippen LogP contribution in [0.4, 0.5) is 4.79 Å². The third kappa shape index (κ3) is 3.40. The quantitative estimate of drug-likeness (QED) is 0.876. The summed E-state index contributed by atoms with van der Waals surface area (Å²) in [6, 6.07) is 4.86. The number of alkyl carbamates (subject to hydrolysis) is 1. The Bertz CT molecular complexity index is 614. The van der Waals surface area contributed by atoms with E-state index in [2.05, 4.69) is 19.2 Å². The van der Waals surface area contributed by atoms with Crippen LogP contribution in [0, 0.1) is 5.41 Å². The molecule has 2 rings (SSSR count). The fourth-order valence-electron chi connectivity index (χ4n) is 2.89. The monoisotopic (exact) mass is 305 g/mol. The molecule has 0 saturated carbocycles. The minimum Gasteiger partial charge on any atom is -0.478 e. The number of ether oxygens (including phenoxy) is 1. The van der Waals surface area contributed by atoms with Crippen molar-refractivity contribution >= 4 is 12.1 Å². The maximum Gasteiger partial charge on any atom is 0.408 e. The van der Waals surface area contributed by atoms with Crippen molar-refractivity contribution in [3.8, 4) is 0 Å². The lowest BCUT2D eigenvalue weighted by molar-refractivity contribution is 0.0464. The molecule has 2 N–H and O–H groups in total. The lowest BCUT2D eigenvalue weighted by Gasteiger charge is -2.30. The second-order valence-corrected chi connectivity index (χ2v) is 7.46. The normalized spacial score (nSPS) is 19.4. The molecule has 5 nitrogen and oxygen atoms in total. The van der Waals surface area contributed by atoms with Crippen LogP contribution in [0.25, 0.3) is 0 Å². The Hall–Kier alpha value is -2.04. The number of fused-ring (bicyclic) bond motifs is 1. The molecule has 0 saturated heterocycles. The molecule has 1 aromatic rings. The summed E-state index contributed by atoms with van der Waals surface area (Å²) < 4.78 is 5.33. The summed E-state index contributed by atoms with van der Waals surface area (Å²) in [6.07, 6.45) is 0.255. The van der Waals surface area contributed by atoms with E-state index in [1.165, 1.54) is 0 Å². The summed E-state index contributed by atoms with van der Waals surface area (Å²) in [5.41, 5.74) is 1.44. The number of nitrogens with one attached hydrogen (secondary N) is 1. The van der Waals surface area contributed by atoms with Crippen molar-refractivity contribution in [1.82, 2.24) is 5.32 Å². The van der Waals surface area contributed by atoms with Crippen LogP contribution in [0.3, 0.4) is 0 Å². The molecule has 0 radical (unpaired) electrons. The van der Waals surface area contributed by atoms with Gasteiger partial charge in [0.05, 0.1) is 11.6 Å². The van der Waals surface area contributed by atoms with Crippen molar-refractivity contribution in [2.24, 2.45) is 5.41 Å². The predicted molar refractivity (Wildman–Crippen MR) is 83.0 cm³/mol. The van der Waals surface area contributed by atoms with E-state index in [9.17, 15) is 9.59 Å². The molecular weight excluding hydrogens is 282 g/mol.